The SMILES string of the molecule is CCC1CCC(NC(=O)C2(C)CCCC2N)C1C. The van der Waals surface area contributed by atoms with Crippen LogP contribution in [0.2, 0.25) is 0 Å². The van der Waals surface area contributed by atoms with Gasteiger partial charge < -0.3 is 11.1 Å². The molecule has 18 heavy (non-hydrogen) atoms. The molecule has 2 saturated carbocycles. The van der Waals surface area contributed by atoms with Gasteiger partial charge in [0.25, 0.3) is 0 Å². The van der Waals surface area contributed by atoms with Gasteiger partial charge in [-0.3, -0.25) is 4.79 Å². The lowest BCUT2D eigenvalue weighted by Gasteiger charge is -2.31. The van der Waals surface area contributed by atoms with E-state index in [2.05, 4.69) is 19.2 Å². The van der Waals surface area contributed by atoms with Crippen molar-refractivity contribution in [3.8, 4) is 0 Å². The number of amides is 1. The Bertz CT molecular complexity index is 318. The van der Waals surface area contributed by atoms with E-state index < -0.39 is 0 Å². The van der Waals surface area contributed by atoms with Crippen LogP contribution in [-0.2, 0) is 4.79 Å². The number of carbonyl (C=O) groups excluding carboxylic acids is 1. The highest BCUT2D eigenvalue weighted by atomic mass is 16.2. The second-order valence-electron chi connectivity index (χ2n) is 6.60. The number of hydrogen-bond donors (Lipinski definition) is 2. The van der Waals surface area contributed by atoms with E-state index >= 15 is 0 Å². The Kier molecular flexibility index (Phi) is 4.00. The van der Waals surface area contributed by atoms with Gasteiger partial charge in [0.15, 0.2) is 0 Å². The van der Waals surface area contributed by atoms with Gasteiger partial charge in [-0.05, 0) is 44.4 Å². The third kappa shape index (κ3) is 2.29. The Hall–Kier alpha value is -0.570. The quantitative estimate of drug-likeness (QED) is 0.810. The molecule has 0 bridgehead atoms. The lowest BCUT2D eigenvalue weighted by atomic mass is 9.83. The van der Waals surface area contributed by atoms with Gasteiger partial charge in [-0.1, -0.05) is 26.7 Å². The van der Waals surface area contributed by atoms with Crippen molar-refractivity contribution in [3.05, 3.63) is 0 Å². The zero-order valence-electron chi connectivity index (χ0n) is 12.0. The van der Waals surface area contributed by atoms with E-state index in [1.54, 1.807) is 0 Å². The first kappa shape index (κ1) is 13.9. The smallest absolute Gasteiger partial charge is 0.227 e. The molecule has 0 saturated heterocycles. The van der Waals surface area contributed by atoms with Crippen molar-refractivity contribution in [2.45, 2.75) is 71.4 Å². The van der Waals surface area contributed by atoms with Gasteiger partial charge in [-0.15, -0.1) is 0 Å². The first-order valence-electron chi connectivity index (χ1n) is 7.55. The first-order valence-corrected chi connectivity index (χ1v) is 7.55. The summed E-state index contributed by atoms with van der Waals surface area (Å²) >= 11 is 0. The summed E-state index contributed by atoms with van der Waals surface area (Å²) in [5, 5.41) is 3.29. The van der Waals surface area contributed by atoms with Gasteiger partial charge in [0.2, 0.25) is 5.91 Å². The van der Waals surface area contributed by atoms with Crippen LogP contribution < -0.4 is 11.1 Å². The van der Waals surface area contributed by atoms with Crippen LogP contribution in [-0.4, -0.2) is 18.0 Å². The van der Waals surface area contributed by atoms with Gasteiger partial charge in [-0.2, -0.15) is 0 Å². The average Bonchev–Trinajstić information content (AvgIpc) is 2.86. The predicted octanol–water partition coefficient (Wildman–Crippen LogP) is 2.44. The normalized spacial score (nSPS) is 44.2. The fraction of sp³-hybridized carbons (Fsp3) is 0.933. The molecule has 0 aliphatic heterocycles. The molecule has 0 aromatic heterocycles. The van der Waals surface area contributed by atoms with E-state index in [9.17, 15) is 4.79 Å². The molecular weight excluding hydrogens is 224 g/mol. The first-order chi connectivity index (χ1) is 8.49. The minimum atomic E-state index is -0.329. The van der Waals surface area contributed by atoms with Crippen LogP contribution in [0.1, 0.15) is 59.3 Å². The van der Waals surface area contributed by atoms with Crippen molar-refractivity contribution in [1.82, 2.24) is 5.32 Å². The van der Waals surface area contributed by atoms with Crippen molar-refractivity contribution in [2.24, 2.45) is 23.0 Å². The van der Waals surface area contributed by atoms with E-state index in [0.717, 1.165) is 31.6 Å². The molecular formula is C15H28N2O. The van der Waals surface area contributed by atoms with Crippen LogP contribution in [0, 0.1) is 17.3 Å². The van der Waals surface area contributed by atoms with Gasteiger partial charge in [0.05, 0.1) is 5.41 Å². The Morgan fingerprint density at radius 3 is 2.61 bits per heavy atom. The molecule has 3 N–H and O–H groups in total. The predicted molar refractivity (Wildman–Crippen MR) is 74.0 cm³/mol. The average molecular weight is 252 g/mol. The minimum Gasteiger partial charge on any atom is -0.353 e. The summed E-state index contributed by atoms with van der Waals surface area (Å²) in [7, 11) is 0. The largest absolute Gasteiger partial charge is 0.353 e. The fourth-order valence-corrected chi connectivity index (χ4v) is 3.84. The summed E-state index contributed by atoms with van der Waals surface area (Å²) in [6.45, 7) is 6.57. The highest BCUT2D eigenvalue weighted by Gasteiger charge is 2.44. The maximum Gasteiger partial charge on any atom is 0.227 e. The van der Waals surface area contributed by atoms with Crippen LogP contribution >= 0.6 is 0 Å². The molecule has 2 aliphatic carbocycles. The van der Waals surface area contributed by atoms with Crippen LogP contribution in [0.25, 0.3) is 0 Å². The summed E-state index contributed by atoms with van der Waals surface area (Å²) in [6.07, 6.45) is 6.63. The summed E-state index contributed by atoms with van der Waals surface area (Å²) in [4.78, 5) is 12.5. The van der Waals surface area contributed by atoms with E-state index in [1.807, 2.05) is 6.92 Å². The molecule has 0 spiro atoms. The Morgan fingerprint density at radius 1 is 1.39 bits per heavy atom. The maximum atomic E-state index is 12.5. The van der Waals surface area contributed by atoms with Crippen molar-refractivity contribution < 1.29 is 4.79 Å². The zero-order valence-corrected chi connectivity index (χ0v) is 12.0. The molecule has 0 heterocycles. The number of nitrogens with one attached hydrogen (secondary N) is 1. The van der Waals surface area contributed by atoms with E-state index in [4.69, 9.17) is 5.73 Å². The number of rotatable bonds is 3. The molecule has 2 fully saturated rings. The minimum absolute atomic E-state index is 0.0381. The molecule has 104 valence electrons. The van der Waals surface area contributed by atoms with Crippen molar-refractivity contribution in [3.63, 3.8) is 0 Å². The van der Waals surface area contributed by atoms with Crippen LogP contribution in [0.3, 0.4) is 0 Å². The zero-order chi connectivity index (χ0) is 13.3. The number of hydrogen-bond acceptors (Lipinski definition) is 2. The van der Waals surface area contributed by atoms with Crippen molar-refractivity contribution in [1.29, 1.82) is 0 Å². The van der Waals surface area contributed by atoms with Gasteiger partial charge in [0, 0.05) is 12.1 Å². The fourth-order valence-electron chi connectivity index (χ4n) is 3.84. The Labute approximate surface area is 111 Å². The van der Waals surface area contributed by atoms with Crippen LogP contribution in [0.4, 0.5) is 0 Å². The topological polar surface area (TPSA) is 55.1 Å². The molecule has 2 rings (SSSR count). The van der Waals surface area contributed by atoms with Gasteiger partial charge in [-0.25, -0.2) is 0 Å². The summed E-state index contributed by atoms with van der Waals surface area (Å²) in [5.74, 6) is 1.58. The summed E-state index contributed by atoms with van der Waals surface area (Å²) < 4.78 is 0. The third-order valence-corrected chi connectivity index (χ3v) is 5.62. The lowest BCUT2D eigenvalue weighted by Crippen LogP contribution is -2.51. The monoisotopic (exact) mass is 252 g/mol. The molecule has 5 atom stereocenters. The Morgan fingerprint density at radius 2 is 2.11 bits per heavy atom. The standard InChI is InChI=1S/C15H28N2O/c1-4-11-7-8-12(10(11)2)17-14(18)15(3)9-5-6-13(15)16/h10-13H,4-9,16H2,1-3H3,(H,17,18). The van der Waals surface area contributed by atoms with Crippen molar-refractivity contribution in [2.75, 3.05) is 0 Å². The maximum absolute atomic E-state index is 12.5. The van der Waals surface area contributed by atoms with Gasteiger partial charge in [0.1, 0.15) is 0 Å². The molecule has 0 radical (unpaired) electrons. The third-order valence-electron chi connectivity index (χ3n) is 5.62. The molecule has 5 unspecified atom stereocenters. The van der Waals surface area contributed by atoms with E-state index in [0.29, 0.717) is 12.0 Å². The number of carbonyl (C=O) groups is 1. The molecule has 0 aromatic rings. The lowest BCUT2D eigenvalue weighted by molar-refractivity contribution is -0.131. The highest BCUT2D eigenvalue weighted by Crippen LogP contribution is 2.39. The van der Waals surface area contributed by atoms with Crippen LogP contribution in [0.5, 0.6) is 0 Å². The molecule has 0 aromatic carbocycles. The second kappa shape index (κ2) is 5.20. The molecule has 1 amide bonds. The summed E-state index contributed by atoms with van der Waals surface area (Å²) in [5.41, 5.74) is 5.79. The van der Waals surface area contributed by atoms with E-state index in [1.165, 1.54) is 12.8 Å². The van der Waals surface area contributed by atoms with E-state index in [-0.39, 0.29) is 17.4 Å². The number of nitrogens with two attached hydrogens (primary N) is 1. The van der Waals surface area contributed by atoms with Crippen LogP contribution in [0.15, 0.2) is 0 Å². The molecule has 2 aliphatic rings. The Balaban J connectivity index is 1.96. The highest BCUT2D eigenvalue weighted by molar-refractivity contribution is 5.83. The molecule has 3 nitrogen and oxygen atoms in total. The summed E-state index contributed by atoms with van der Waals surface area (Å²) in [6, 6.07) is 0.406. The van der Waals surface area contributed by atoms with Crippen molar-refractivity contribution >= 4 is 5.91 Å². The second-order valence-corrected chi connectivity index (χ2v) is 6.60. The van der Waals surface area contributed by atoms with Gasteiger partial charge >= 0.3 is 0 Å². The molecule has 3 heteroatoms.